The number of hydrogen-bond acceptors (Lipinski definition) is 6. The molecule has 0 spiro atoms. The van der Waals surface area contributed by atoms with Gasteiger partial charge in [0.25, 0.3) is 0 Å². The lowest BCUT2D eigenvalue weighted by Gasteiger charge is -2.11. The molecule has 0 unspecified atom stereocenters. The summed E-state index contributed by atoms with van der Waals surface area (Å²) in [6.45, 7) is 0. The summed E-state index contributed by atoms with van der Waals surface area (Å²) in [5, 5.41) is 18.4. The third-order valence-electron chi connectivity index (χ3n) is 4.92. The second-order valence-electron chi connectivity index (χ2n) is 6.49. The van der Waals surface area contributed by atoms with Gasteiger partial charge in [0, 0.05) is 31.3 Å². The molecule has 3 aromatic heterocycles. The second kappa shape index (κ2) is 6.32. The molecule has 1 aromatic carbocycles. The predicted molar refractivity (Wildman–Crippen MR) is 99.6 cm³/mol. The largest absolute Gasteiger partial charge is 0.497 e. The number of pyridine rings is 1. The highest BCUT2D eigenvalue weighted by Gasteiger charge is 2.26. The van der Waals surface area contributed by atoms with Crippen LogP contribution in [0.4, 0.5) is 0 Å². The van der Waals surface area contributed by atoms with Crippen LogP contribution < -0.4 is 4.74 Å². The summed E-state index contributed by atoms with van der Waals surface area (Å²) in [6, 6.07) is 11.9. The maximum absolute atomic E-state index is 9.52. The van der Waals surface area contributed by atoms with Crippen molar-refractivity contribution in [2.45, 2.75) is 12.8 Å². The molecule has 0 saturated carbocycles. The van der Waals surface area contributed by atoms with Gasteiger partial charge in [0.2, 0.25) is 0 Å². The molecule has 0 atom stereocenters. The van der Waals surface area contributed by atoms with Crippen molar-refractivity contribution < 1.29 is 4.74 Å². The molecule has 0 N–H and O–H groups in total. The van der Waals surface area contributed by atoms with E-state index in [1.54, 1.807) is 19.6 Å². The van der Waals surface area contributed by atoms with E-state index in [0.29, 0.717) is 18.5 Å². The third-order valence-corrected chi connectivity index (χ3v) is 4.92. The van der Waals surface area contributed by atoms with Crippen LogP contribution in [0.3, 0.4) is 0 Å². The molecule has 0 bridgehead atoms. The molecule has 0 aliphatic carbocycles. The van der Waals surface area contributed by atoms with E-state index in [4.69, 9.17) is 4.74 Å². The molecule has 4 aromatic rings. The van der Waals surface area contributed by atoms with Gasteiger partial charge < -0.3 is 4.74 Å². The fourth-order valence-electron chi connectivity index (χ4n) is 3.54. The van der Waals surface area contributed by atoms with Crippen molar-refractivity contribution in [1.29, 1.82) is 5.26 Å². The Kier molecular flexibility index (Phi) is 3.66. The number of ether oxygens (including phenoxy) is 1. The highest BCUT2D eigenvalue weighted by Crippen LogP contribution is 2.32. The number of nitriles is 1. The van der Waals surface area contributed by atoms with Gasteiger partial charge in [0.05, 0.1) is 35.6 Å². The number of fused-ring (bicyclic) bond motifs is 5. The van der Waals surface area contributed by atoms with Crippen LogP contribution in [-0.4, -0.2) is 36.6 Å². The molecular weight excluding hydrogens is 354 g/mol. The number of rotatable bonds is 3. The van der Waals surface area contributed by atoms with E-state index in [1.165, 1.54) is 0 Å². The Bertz CT molecular complexity index is 1220. The minimum atomic E-state index is 0.406. The molecule has 5 rings (SSSR count). The van der Waals surface area contributed by atoms with Crippen molar-refractivity contribution >= 4 is 0 Å². The van der Waals surface area contributed by atoms with Crippen molar-refractivity contribution in [3.05, 3.63) is 77.4 Å². The minimum absolute atomic E-state index is 0.406. The molecule has 0 amide bonds. The number of hydrogen-bond donors (Lipinski definition) is 0. The Balaban J connectivity index is 1.73. The molecule has 1 aliphatic heterocycles. The first-order valence-corrected chi connectivity index (χ1v) is 8.76. The van der Waals surface area contributed by atoms with Gasteiger partial charge in [-0.25, -0.2) is 9.67 Å². The number of imidazole rings is 1. The van der Waals surface area contributed by atoms with Gasteiger partial charge in [-0.3, -0.25) is 9.55 Å². The number of methoxy groups -OCH3 is 1. The summed E-state index contributed by atoms with van der Waals surface area (Å²) >= 11 is 0. The van der Waals surface area contributed by atoms with Gasteiger partial charge in [-0.05, 0) is 23.8 Å². The number of nitrogens with zero attached hydrogens (tertiary/aromatic N) is 7. The fraction of sp³-hybridized carbons (Fsp3) is 0.150. The summed E-state index contributed by atoms with van der Waals surface area (Å²) in [7, 11) is 1.63. The molecule has 8 heteroatoms. The van der Waals surface area contributed by atoms with Crippen molar-refractivity contribution in [2.24, 2.45) is 0 Å². The number of benzene rings is 1. The maximum atomic E-state index is 9.52. The quantitative estimate of drug-likeness (QED) is 0.484. The first-order chi connectivity index (χ1) is 13.8. The van der Waals surface area contributed by atoms with E-state index in [9.17, 15) is 5.26 Å². The van der Waals surface area contributed by atoms with Crippen LogP contribution in [0.15, 0.2) is 49.1 Å². The first-order valence-electron chi connectivity index (χ1n) is 8.76. The summed E-state index contributed by atoms with van der Waals surface area (Å²) in [4.78, 5) is 8.46. The lowest BCUT2D eigenvalue weighted by molar-refractivity contribution is 0.414. The van der Waals surface area contributed by atoms with E-state index in [-0.39, 0.29) is 0 Å². The van der Waals surface area contributed by atoms with Crippen LogP contribution in [0, 0.1) is 11.3 Å². The second-order valence-corrected chi connectivity index (χ2v) is 6.49. The van der Waals surface area contributed by atoms with Gasteiger partial charge in [-0.1, -0.05) is 11.3 Å². The predicted octanol–water partition coefficient (Wildman–Crippen LogP) is 2.22. The molecule has 4 heterocycles. The Morgan fingerprint density at radius 3 is 2.93 bits per heavy atom. The molecule has 0 fully saturated rings. The first kappa shape index (κ1) is 16.2. The Morgan fingerprint density at radius 1 is 1.21 bits per heavy atom. The Hall–Kier alpha value is -3.99. The minimum Gasteiger partial charge on any atom is -0.497 e. The van der Waals surface area contributed by atoms with Crippen molar-refractivity contribution in [3.8, 4) is 23.2 Å². The SMILES string of the molecule is COc1ccc2c(c1)-n1nnc(Cc3cccnc3)c1Cc1c(C#N)ncn1-2. The van der Waals surface area contributed by atoms with E-state index in [0.717, 1.165) is 39.8 Å². The molecule has 136 valence electrons. The molecule has 28 heavy (non-hydrogen) atoms. The molecule has 8 nitrogen and oxygen atoms in total. The van der Waals surface area contributed by atoms with Crippen LogP contribution in [0.1, 0.15) is 28.3 Å². The normalized spacial score (nSPS) is 11.7. The molecular formula is C20H15N7O. The maximum Gasteiger partial charge on any atom is 0.162 e. The van der Waals surface area contributed by atoms with E-state index in [1.807, 2.05) is 45.8 Å². The van der Waals surface area contributed by atoms with E-state index in [2.05, 4.69) is 26.3 Å². The molecule has 0 radical (unpaired) electrons. The van der Waals surface area contributed by atoms with Crippen molar-refractivity contribution in [3.63, 3.8) is 0 Å². The Morgan fingerprint density at radius 2 is 2.14 bits per heavy atom. The van der Waals surface area contributed by atoms with Crippen molar-refractivity contribution in [1.82, 2.24) is 29.5 Å². The topological polar surface area (TPSA) is 94.4 Å². The zero-order chi connectivity index (χ0) is 19.1. The summed E-state index contributed by atoms with van der Waals surface area (Å²) in [6.07, 6.45) is 6.36. The fourth-order valence-corrected chi connectivity index (χ4v) is 3.54. The smallest absolute Gasteiger partial charge is 0.162 e. The lowest BCUT2D eigenvalue weighted by Crippen LogP contribution is -2.04. The molecule has 0 saturated heterocycles. The van der Waals surface area contributed by atoms with Crippen LogP contribution in [0.5, 0.6) is 5.75 Å². The van der Waals surface area contributed by atoms with Gasteiger partial charge in [-0.15, -0.1) is 5.10 Å². The monoisotopic (exact) mass is 369 g/mol. The van der Waals surface area contributed by atoms with E-state index < -0.39 is 0 Å². The van der Waals surface area contributed by atoms with Crippen LogP contribution >= 0.6 is 0 Å². The standard InChI is InChI=1S/C20H15N7O/c1-28-14-4-5-17-20(8-14)27-19(9-18-16(10-21)23-12-26(17)18)15(24-25-27)7-13-3-2-6-22-11-13/h2-6,8,11-12H,7,9H2,1H3. The summed E-state index contributed by atoms with van der Waals surface area (Å²) < 4.78 is 9.18. The lowest BCUT2D eigenvalue weighted by atomic mass is 10.1. The average Bonchev–Trinajstić information content (AvgIpc) is 3.29. The Labute approximate surface area is 160 Å². The summed E-state index contributed by atoms with van der Waals surface area (Å²) in [5.74, 6) is 0.720. The number of aromatic nitrogens is 6. The van der Waals surface area contributed by atoms with Gasteiger partial charge in [0.1, 0.15) is 18.1 Å². The van der Waals surface area contributed by atoms with Gasteiger partial charge in [0.15, 0.2) is 5.69 Å². The zero-order valence-corrected chi connectivity index (χ0v) is 15.1. The average molecular weight is 369 g/mol. The van der Waals surface area contributed by atoms with Gasteiger partial charge >= 0.3 is 0 Å². The zero-order valence-electron chi connectivity index (χ0n) is 15.1. The van der Waals surface area contributed by atoms with Gasteiger partial charge in [-0.2, -0.15) is 5.26 Å². The molecule has 1 aliphatic rings. The third kappa shape index (κ3) is 2.45. The van der Waals surface area contributed by atoms with Crippen LogP contribution in [0.2, 0.25) is 0 Å². The van der Waals surface area contributed by atoms with E-state index >= 15 is 0 Å². The van der Waals surface area contributed by atoms with Crippen molar-refractivity contribution in [2.75, 3.05) is 7.11 Å². The van der Waals surface area contributed by atoms with Crippen LogP contribution in [-0.2, 0) is 12.8 Å². The highest BCUT2D eigenvalue weighted by molar-refractivity contribution is 5.59. The summed E-state index contributed by atoms with van der Waals surface area (Å²) in [5.41, 5.74) is 5.76. The highest BCUT2D eigenvalue weighted by atomic mass is 16.5. The van der Waals surface area contributed by atoms with Crippen LogP contribution in [0.25, 0.3) is 11.4 Å².